The van der Waals surface area contributed by atoms with Crippen LogP contribution in [0.3, 0.4) is 0 Å². The molecule has 0 spiro atoms. The number of piperazine rings is 1. The van der Waals surface area contributed by atoms with E-state index in [0.29, 0.717) is 16.6 Å². The number of halogens is 1. The molecular formula is C23H26FN3O2. The Morgan fingerprint density at radius 1 is 1.14 bits per heavy atom. The number of rotatable bonds is 4. The van der Waals surface area contributed by atoms with Crippen molar-refractivity contribution >= 4 is 28.3 Å². The van der Waals surface area contributed by atoms with E-state index in [0.717, 1.165) is 38.3 Å². The van der Waals surface area contributed by atoms with Gasteiger partial charge in [0.1, 0.15) is 0 Å². The number of nitrogens with zero attached hydrogens (tertiary/aromatic N) is 2. The first-order valence-electron chi connectivity index (χ1n) is 10.0. The van der Waals surface area contributed by atoms with E-state index in [1.54, 1.807) is 19.1 Å². The maximum atomic E-state index is 14.0. The van der Waals surface area contributed by atoms with Crippen molar-refractivity contribution in [3.05, 3.63) is 59.1 Å². The summed E-state index contributed by atoms with van der Waals surface area (Å²) in [5.74, 6) is -0.697. The van der Waals surface area contributed by atoms with Crippen molar-refractivity contribution in [2.24, 2.45) is 0 Å². The minimum absolute atomic E-state index is 0.118. The van der Waals surface area contributed by atoms with Gasteiger partial charge in [0.2, 0.25) is 0 Å². The molecule has 1 saturated heterocycles. The standard InChI is InChI=1S/C23H26FN3O2/c1-4-26-10-12-27(13-11-26)20-9-8-17(14-15(20)2)25-23(28)21-16(3)18-6-5-7-19(24)22(18)29-21/h5-9,14H,4,10-13H2,1-3H3,(H,25,28). The lowest BCUT2D eigenvalue weighted by molar-refractivity contribution is 0.0997. The van der Waals surface area contributed by atoms with E-state index < -0.39 is 5.82 Å². The summed E-state index contributed by atoms with van der Waals surface area (Å²) in [5.41, 5.74) is 3.76. The number of aryl methyl sites for hydroxylation is 2. The number of hydrogen-bond acceptors (Lipinski definition) is 4. The fourth-order valence-electron chi connectivity index (χ4n) is 4.01. The normalized spacial score (nSPS) is 15.1. The Balaban J connectivity index is 1.52. The van der Waals surface area contributed by atoms with Crippen LogP contribution < -0.4 is 10.2 Å². The van der Waals surface area contributed by atoms with Gasteiger partial charge in [0.15, 0.2) is 17.2 Å². The van der Waals surface area contributed by atoms with E-state index in [-0.39, 0.29) is 17.3 Å². The second kappa shape index (κ2) is 7.87. The third-order valence-corrected chi connectivity index (χ3v) is 5.74. The summed E-state index contributed by atoms with van der Waals surface area (Å²) in [5, 5.41) is 3.50. The second-order valence-corrected chi connectivity index (χ2v) is 7.55. The average Bonchev–Trinajstić information content (AvgIpc) is 3.06. The number of hydrogen-bond donors (Lipinski definition) is 1. The van der Waals surface area contributed by atoms with Gasteiger partial charge in [-0.2, -0.15) is 0 Å². The van der Waals surface area contributed by atoms with Crippen LogP contribution in [-0.2, 0) is 0 Å². The van der Waals surface area contributed by atoms with Gasteiger partial charge in [0.25, 0.3) is 5.91 Å². The van der Waals surface area contributed by atoms with Crippen LogP contribution >= 0.6 is 0 Å². The number of amides is 1. The van der Waals surface area contributed by atoms with Gasteiger partial charge in [-0.15, -0.1) is 0 Å². The highest BCUT2D eigenvalue weighted by atomic mass is 19.1. The van der Waals surface area contributed by atoms with E-state index in [2.05, 4.69) is 35.0 Å². The molecule has 1 aliphatic heterocycles. The highest BCUT2D eigenvalue weighted by molar-refractivity contribution is 6.06. The van der Waals surface area contributed by atoms with E-state index in [1.165, 1.54) is 11.8 Å². The fraction of sp³-hybridized carbons (Fsp3) is 0.348. The molecule has 152 valence electrons. The number of carbonyl (C=O) groups excluding carboxylic acids is 1. The van der Waals surface area contributed by atoms with Gasteiger partial charge in [0.05, 0.1) is 0 Å². The molecule has 1 fully saturated rings. The lowest BCUT2D eigenvalue weighted by Crippen LogP contribution is -2.46. The lowest BCUT2D eigenvalue weighted by atomic mass is 10.1. The first-order valence-corrected chi connectivity index (χ1v) is 10.0. The Morgan fingerprint density at radius 2 is 1.90 bits per heavy atom. The number of nitrogens with one attached hydrogen (secondary N) is 1. The molecule has 1 aromatic heterocycles. The molecule has 0 unspecified atom stereocenters. The van der Waals surface area contributed by atoms with E-state index in [4.69, 9.17) is 4.42 Å². The zero-order valence-corrected chi connectivity index (χ0v) is 17.1. The molecule has 4 rings (SSSR count). The summed E-state index contributed by atoms with van der Waals surface area (Å²) in [7, 11) is 0. The third kappa shape index (κ3) is 3.72. The number of anilines is 2. The number of fused-ring (bicyclic) bond motifs is 1. The van der Waals surface area contributed by atoms with Gasteiger partial charge < -0.3 is 19.5 Å². The molecule has 0 aliphatic carbocycles. The summed E-state index contributed by atoms with van der Waals surface area (Å²) < 4.78 is 19.5. The molecule has 0 bridgehead atoms. The molecule has 1 aliphatic rings. The number of benzene rings is 2. The van der Waals surface area contributed by atoms with Crippen LogP contribution in [0.4, 0.5) is 15.8 Å². The SMILES string of the molecule is CCN1CCN(c2ccc(NC(=O)c3oc4c(F)cccc4c3C)cc2C)CC1. The summed E-state index contributed by atoms with van der Waals surface area (Å²) in [6, 6.07) is 10.6. The van der Waals surface area contributed by atoms with Crippen molar-refractivity contribution in [1.29, 1.82) is 0 Å². The van der Waals surface area contributed by atoms with Crippen LogP contribution in [0.15, 0.2) is 40.8 Å². The summed E-state index contributed by atoms with van der Waals surface area (Å²) >= 11 is 0. The van der Waals surface area contributed by atoms with Crippen LogP contribution in [-0.4, -0.2) is 43.5 Å². The second-order valence-electron chi connectivity index (χ2n) is 7.55. The first-order chi connectivity index (χ1) is 14.0. The molecular weight excluding hydrogens is 369 g/mol. The Morgan fingerprint density at radius 3 is 2.55 bits per heavy atom. The van der Waals surface area contributed by atoms with Gasteiger partial charge in [-0.25, -0.2) is 4.39 Å². The van der Waals surface area contributed by atoms with Gasteiger partial charge in [0, 0.05) is 48.5 Å². The lowest BCUT2D eigenvalue weighted by Gasteiger charge is -2.36. The van der Waals surface area contributed by atoms with E-state index in [1.807, 2.05) is 12.1 Å². The van der Waals surface area contributed by atoms with Gasteiger partial charge >= 0.3 is 0 Å². The predicted molar refractivity (Wildman–Crippen MR) is 114 cm³/mol. The molecule has 3 aromatic rings. The largest absolute Gasteiger partial charge is 0.448 e. The molecule has 0 saturated carbocycles. The van der Waals surface area contributed by atoms with Gasteiger partial charge in [-0.3, -0.25) is 4.79 Å². The third-order valence-electron chi connectivity index (χ3n) is 5.74. The summed E-state index contributed by atoms with van der Waals surface area (Å²) in [6.07, 6.45) is 0. The zero-order valence-electron chi connectivity index (χ0n) is 17.1. The predicted octanol–water partition coefficient (Wildman–Crippen LogP) is 4.58. The minimum Gasteiger partial charge on any atom is -0.448 e. The Labute approximate surface area is 170 Å². The average molecular weight is 395 g/mol. The van der Waals surface area contributed by atoms with E-state index >= 15 is 0 Å². The molecule has 0 atom stereocenters. The molecule has 1 N–H and O–H groups in total. The highest BCUT2D eigenvalue weighted by Crippen LogP contribution is 2.29. The molecule has 5 nitrogen and oxygen atoms in total. The number of furan rings is 1. The first kappa shape index (κ1) is 19.5. The number of carbonyl (C=O) groups is 1. The maximum Gasteiger partial charge on any atom is 0.291 e. The van der Waals surface area contributed by atoms with Crippen LogP contribution in [0.5, 0.6) is 0 Å². The van der Waals surface area contributed by atoms with Crippen molar-refractivity contribution in [2.75, 3.05) is 42.9 Å². The molecule has 0 radical (unpaired) electrons. The maximum absolute atomic E-state index is 14.0. The quantitative estimate of drug-likeness (QED) is 0.702. The van der Waals surface area contributed by atoms with Gasteiger partial charge in [-0.1, -0.05) is 19.1 Å². The van der Waals surface area contributed by atoms with Crippen LogP contribution in [0.1, 0.15) is 28.6 Å². The molecule has 2 aromatic carbocycles. The molecule has 29 heavy (non-hydrogen) atoms. The fourth-order valence-corrected chi connectivity index (χ4v) is 4.01. The molecule has 6 heteroatoms. The van der Waals surface area contributed by atoms with Crippen LogP contribution in [0, 0.1) is 19.7 Å². The molecule has 1 amide bonds. The highest BCUT2D eigenvalue weighted by Gasteiger charge is 2.21. The minimum atomic E-state index is -0.465. The van der Waals surface area contributed by atoms with E-state index in [9.17, 15) is 9.18 Å². The Bertz CT molecular complexity index is 1050. The summed E-state index contributed by atoms with van der Waals surface area (Å²) in [4.78, 5) is 17.6. The summed E-state index contributed by atoms with van der Waals surface area (Å²) in [6.45, 7) is 11.2. The monoisotopic (exact) mass is 395 g/mol. The zero-order chi connectivity index (χ0) is 20.5. The van der Waals surface area contributed by atoms with Gasteiger partial charge in [-0.05, 0) is 50.2 Å². The van der Waals surface area contributed by atoms with Crippen molar-refractivity contribution in [1.82, 2.24) is 4.90 Å². The van der Waals surface area contributed by atoms with Crippen LogP contribution in [0.2, 0.25) is 0 Å². The number of likely N-dealkylation sites (N-methyl/N-ethyl adjacent to an activating group) is 1. The smallest absolute Gasteiger partial charge is 0.291 e. The van der Waals surface area contributed by atoms with Crippen molar-refractivity contribution in [3.63, 3.8) is 0 Å². The van der Waals surface area contributed by atoms with Crippen molar-refractivity contribution in [3.8, 4) is 0 Å². The topological polar surface area (TPSA) is 48.7 Å². The van der Waals surface area contributed by atoms with Crippen molar-refractivity contribution < 1.29 is 13.6 Å². The van der Waals surface area contributed by atoms with Crippen molar-refractivity contribution in [2.45, 2.75) is 20.8 Å². The van der Waals surface area contributed by atoms with Crippen LogP contribution in [0.25, 0.3) is 11.0 Å². The Hall–Kier alpha value is -2.86. The Kier molecular flexibility index (Phi) is 5.28. The molecule has 2 heterocycles. The number of para-hydroxylation sites is 1.